The number of aromatic nitrogens is 1. The standard InChI is InChI=1S/C11H11ClN2O2.C3H8O/c12-9-2-1-4-13-11(9)14-5-3-8(7-15)10(16)6-14;1-3-4-2/h1-2,4,7-8H,3,5-6H2;3H2,1-2H3. The highest BCUT2D eigenvalue weighted by atomic mass is 35.5. The van der Waals surface area contributed by atoms with Crippen molar-refractivity contribution in [3.05, 3.63) is 23.4 Å². The van der Waals surface area contributed by atoms with Crippen molar-refractivity contribution in [1.82, 2.24) is 4.98 Å². The summed E-state index contributed by atoms with van der Waals surface area (Å²) in [5.74, 6) is 0.0866. The van der Waals surface area contributed by atoms with Crippen LogP contribution in [0.15, 0.2) is 18.3 Å². The molecule has 1 saturated heterocycles. The van der Waals surface area contributed by atoms with Gasteiger partial charge in [0, 0.05) is 26.5 Å². The van der Waals surface area contributed by atoms with Gasteiger partial charge in [-0.2, -0.15) is 0 Å². The van der Waals surface area contributed by atoms with Crippen LogP contribution in [0.2, 0.25) is 5.02 Å². The highest BCUT2D eigenvalue weighted by Crippen LogP contribution is 2.25. The van der Waals surface area contributed by atoms with E-state index in [1.165, 1.54) is 0 Å². The molecule has 0 N–H and O–H groups in total. The lowest BCUT2D eigenvalue weighted by molar-refractivity contribution is -0.127. The first kappa shape index (κ1) is 16.6. The van der Waals surface area contributed by atoms with Crippen molar-refractivity contribution in [1.29, 1.82) is 0 Å². The lowest BCUT2D eigenvalue weighted by Crippen LogP contribution is -2.42. The molecule has 0 spiro atoms. The third-order valence-corrected chi connectivity index (χ3v) is 3.26. The molecule has 1 aromatic heterocycles. The second-order valence-corrected chi connectivity index (χ2v) is 4.71. The summed E-state index contributed by atoms with van der Waals surface area (Å²) in [6.07, 6.45) is 2.90. The van der Waals surface area contributed by atoms with Gasteiger partial charge in [-0.25, -0.2) is 4.98 Å². The Morgan fingerprint density at radius 3 is 2.80 bits per heavy atom. The molecule has 1 aromatic rings. The number of hydrogen-bond donors (Lipinski definition) is 0. The highest BCUT2D eigenvalue weighted by molar-refractivity contribution is 6.33. The number of carbonyl (C=O) groups excluding carboxylic acids is 2. The molecule has 20 heavy (non-hydrogen) atoms. The predicted octanol–water partition coefficient (Wildman–Crippen LogP) is 1.98. The molecule has 1 aliphatic heterocycles. The van der Waals surface area contributed by atoms with Crippen LogP contribution in [0.25, 0.3) is 0 Å². The minimum absolute atomic E-state index is 0.0667. The Morgan fingerprint density at radius 2 is 2.30 bits per heavy atom. The summed E-state index contributed by atoms with van der Waals surface area (Å²) in [5.41, 5.74) is 0. The van der Waals surface area contributed by atoms with Crippen LogP contribution in [0.3, 0.4) is 0 Å². The normalized spacial score (nSPS) is 18.2. The summed E-state index contributed by atoms with van der Waals surface area (Å²) in [7, 11) is 1.68. The fraction of sp³-hybridized carbons (Fsp3) is 0.500. The predicted molar refractivity (Wildman–Crippen MR) is 78.2 cm³/mol. The van der Waals surface area contributed by atoms with Gasteiger partial charge in [-0.1, -0.05) is 11.6 Å². The van der Waals surface area contributed by atoms with Gasteiger partial charge >= 0.3 is 0 Å². The van der Waals surface area contributed by atoms with E-state index in [1.54, 1.807) is 25.4 Å². The molecule has 1 atom stereocenters. The van der Waals surface area contributed by atoms with Crippen LogP contribution in [0.5, 0.6) is 0 Å². The van der Waals surface area contributed by atoms with E-state index in [4.69, 9.17) is 11.6 Å². The van der Waals surface area contributed by atoms with Gasteiger partial charge in [-0.15, -0.1) is 0 Å². The summed E-state index contributed by atoms with van der Waals surface area (Å²) in [6.45, 7) is 3.62. The van der Waals surface area contributed by atoms with Gasteiger partial charge < -0.3 is 14.4 Å². The van der Waals surface area contributed by atoms with E-state index >= 15 is 0 Å². The van der Waals surface area contributed by atoms with Crippen molar-refractivity contribution in [3.63, 3.8) is 0 Å². The lowest BCUT2D eigenvalue weighted by atomic mass is 9.97. The maximum atomic E-state index is 11.6. The molecular formula is C14H19ClN2O3. The quantitative estimate of drug-likeness (QED) is 0.631. The molecule has 2 rings (SSSR count). The Morgan fingerprint density at radius 1 is 1.60 bits per heavy atom. The Bertz CT molecular complexity index is 452. The molecule has 0 amide bonds. The Labute approximate surface area is 123 Å². The number of ether oxygens (including phenoxy) is 1. The van der Waals surface area contributed by atoms with Crippen LogP contribution in [0.4, 0.5) is 5.82 Å². The van der Waals surface area contributed by atoms with Gasteiger partial charge in [0.1, 0.15) is 12.1 Å². The van der Waals surface area contributed by atoms with Gasteiger partial charge in [0.25, 0.3) is 0 Å². The maximum absolute atomic E-state index is 11.6. The van der Waals surface area contributed by atoms with Gasteiger partial charge in [0.05, 0.1) is 17.5 Å². The monoisotopic (exact) mass is 298 g/mol. The summed E-state index contributed by atoms with van der Waals surface area (Å²) < 4.78 is 4.54. The molecule has 0 aliphatic carbocycles. The summed E-state index contributed by atoms with van der Waals surface area (Å²) >= 11 is 5.99. The molecule has 110 valence electrons. The van der Waals surface area contributed by atoms with Crippen molar-refractivity contribution < 1.29 is 14.3 Å². The minimum Gasteiger partial charge on any atom is -0.385 e. The van der Waals surface area contributed by atoms with E-state index < -0.39 is 5.92 Å². The largest absolute Gasteiger partial charge is 0.385 e. The SMILES string of the molecule is CCOC.O=CC1CCN(c2ncccc2Cl)CC1=O. The molecule has 5 nitrogen and oxygen atoms in total. The third kappa shape index (κ3) is 4.58. The number of rotatable bonds is 3. The van der Waals surface area contributed by atoms with Crippen molar-refractivity contribution in [2.24, 2.45) is 5.92 Å². The number of anilines is 1. The number of nitrogens with zero attached hydrogens (tertiary/aromatic N) is 2. The fourth-order valence-electron chi connectivity index (χ4n) is 1.78. The number of piperidine rings is 1. The number of halogens is 1. The zero-order valence-electron chi connectivity index (χ0n) is 11.7. The second-order valence-electron chi connectivity index (χ2n) is 4.31. The molecule has 0 bridgehead atoms. The molecule has 0 aromatic carbocycles. The van der Waals surface area contributed by atoms with Crippen LogP contribution in [-0.2, 0) is 14.3 Å². The van der Waals surface area contributed by atoms with Crippen LogP contribution in [0, 0.1) is 5.92 Å². The number of carbonyl (C=O) groups is 2. The van der Waals surface area contributed by atoms with E-state index in [0.29, 0.717) is 23.8 Å². The van der Waals surface area contributed by atoms with Crippen LogP contribution >= 0.6 is 11.6 Å². The van der Waals surface area contributed by atoms with E-state index in [0.717, 1.165) is 12.9 Å². The molecule has 1 aliphatic rings. The number of Topliss-reactive ketones (excluding diaryl/α,β-unsaturated/α-hetero) is 1. The number of hydrogen-bond acceptors (Lipinski definition) is 5. The first-order valence-electron chi connectivity index (χ1n) is 6.46. The zero-order chi connectivity index (χ0) is 15.0. The van der Waals surface area contributed by atoms with E-state index in [1.807, 2.05) is 11.8 Å². The molecule has 2 heterocycles. The lowest BCUT2D eigenvalue weighted by Gasteiger charge is -2.29. The number of aldehydes is 1. The van der Waals surface area contributed by atoms with Crippen molar-refractivity contribution in [3.8, 4) is 0 Å². The Kier molecular flexibility index (Phi) is 7.18. The molecule has 0 radical (unpaired) electrons. The topological polar surface area (TPSA) is 59.5 Å². The molecule has 0 saturated carbocycles. The minimum atomic E-state index is -0.460. The van der Waals surface area contributed by atoms with E-state index in [2.05, 4.69) is 9.72 Å². The van der Waals surface area contributed by atoms with Gasteiger partial charge in [-0.3, -0.25) is 4.79 Å². The highest BCUT2D eigenvalue weighted by Gasteiger charge is 2.27. The summed E-state index contributed by atoms with van der Waals surface area (Å²) in [6, 6.07) is 3.48. The van der Waals surface area contributed by atoms with Crippen LogP contribution in [-0.4, -0.2) is 43.9 Å². The van der Waals surface area contributed by atoms with Crippen molar-refractivity contribution in [2.45, 2.75) is 13.3 Å². The average Bonchev–Trinajstić information content (AvgIpc) is 2.48. The second kappa shape index (κ2) is 8.66. The Hall–Kier alpha value is -1.46. The third-order valence-electron chi connectivity index (χ3n) is 2.96. The van der Waals surface area contributed by atoms with Gasteiger partial charge in [0.15, 0.2) is 5.78 Å². The summed E-state index contributed by atoms with van der Waals surface area (Å²) in [4.78, 5) is 28.1. The van der Waals surface area contributed by atoms with Crippen molar-refractivity contribution in [2.75, 3.05) is 31.7 Å². The zero-order valence-corrected chi connectivity index (χ0v) is 12.5. The number of methoxy groups -OCH3 is 1. The molecule has 1 fully saturated rings. The smallest absolute Gasteiger partial charge is 0.162 e. The first-order chi connectivity index (χ1) is 9.63. The average molecular weight is 299 g/mol. The first-order valence-corrected chi connectivity index (χ1v) is 6.84. The Balaban J connectivity index is 0.000000444. The van der Waals surface area contributed by atoms with E-state index in [-0.39, 0.29) is 12.3 Å². The maximum Gasteiger partial charge on any atom is 0.162 e. The van der Waals surface area contributed by atoms with Crippen molar-refractivity contribution >= 4 is 29.5 Å². The fourth-order valence-corrected chi connectivity index (χ4v) is 2.02. The summed E-state index contributed by atoms with van der Waals surface area (Å²) in [5, 5.41) is 0.528. The number of pyridine rings is 1. The van der Waals surface area contributed by atoms with E-state index in [9.17, 15) is 9.59 Å². The van der Waals surface area contributed by atoms with Crippen LogP contribution in [0.1, 0.15) is 13.3 Å². The molecule has 1 unspecified atom stereocenters. The molecule has 6 heteroatoms. The van der Waals surface area contributed by atoms with Gasteiger partial charge in [0.2, 0.25) is 0 Å². The molecular weight excluding hydrogens is 280 g/mol. The van der Waals surface area contributed by atoms with Gasteiger partial charge in [-0.05, 0) is 25.5 Å². The van der Waals surface area contributed by atoms with Crippen LogP contribution < -0.4 is 4.90 Å². The number of ketones is 1.